The van der Waals surface area contributed by atoms with Gasteiger partial charge in [0.25, 0.3) is 5.91 Å². The second-order valence-electron chi connectivity index (χ2n) is 5.53. The maximum atomic E-state index is 12.5. The third kappa shape index (κ3) is 3.48. The molecule has 0 saturated heterocycles. The maximum Gasteiger partial charge on any atom is 0.255 e. The first-order chi connectivity index (χ1) is 8.70. The number of nitrogens with zero attached hydrogens (tertiary/aromatic N) is 1. The minimum atomic E-state index is -0.381. The highest BCUT2D eigenvalue weighted by Gasteiger charge is 2.29. The molecule has 0 bridgehead atoms. The third-order valence-corrected chi connectivity index (χ3v) is 3.84. The smallest absolute Gasteiger partial charge is 0.255 e. The van der Waals surface area contributed by atoms with Crippen molar-refractivity contribution in [3.63, 3.8) is 0 Å². The van der Waals surface area contributed by atoms with Crippen molar-refractivity contribution in [2.45, 2.75) is 33.2 Å². The molecule has 0 atom stereocenters. The Hall–Kier alpha value is -1.06. The number of hydrogen-bond donors (Lipinski definition) is 0. The highest BCUT2D eigenvalue weighted by Crippen LogP contribution is 2.24. The Balaban J connectivity index is 3.10. The van der Waals surface area contributed by atoms with E-state index in [-0.39, 0.29) is 11.4 Å². The normalized spacial score (nSPS) is 11.5. The van der Waals surface area contributed by atoms with Crippen molar-refractivity contribution in [2.24, 2.45) is 0 Å². The van der Waals surface area contributed by atoms with Crippen molar-refractivity contribution >= 4 is 17.5 Å². The van der Waals surface area contributed by atoms with Crippen LogP contribution in [-0.2, 0) is 4.74 Å². The summed E-state index contributed by atoms with van der Waals surface area (Å²) in [6, 6.07) is 3.68. The lowest BCUT2D eigenvalue weighted by molar-refractivity contribution is 0.0366. The Morgan fingerprint density at radius 1 is 1.32 bits per heavy atom. The van der Waals surface area contributed by atoms with Gasteiger partial charge in [0.05, 0.1) is 22.7 Å². The summed E-state index contributed by atoms with van der Waals surface area (Å²) in [6.07, 6.45) is 0. The lowest BCUT2D eigenvalue weighted by atomic mass is 10.0. The number of aryl methyl sites for hydroxylation is 2. The van der Waals surface area contributed by atoms with Crippen molar-refractivity contribution in [3.8, 4) is 0 Å². The molecule has 3 nitrogen and oxygen atoms in total. The Labute approximate surface area is 120 Å². The van der Waals surface area contributed by atoms with E-state index in [2.05, 4.69) is 0 Å². The van der Waals surface area contributed by atoms with Crippen LogP contribution in [0.15, 0.2) is 12.1 Å². The molecule has 0 aromatic heterocycles. The van der Waals surface area contributed by atoms with E-state index in [1.807, 2.05) is 39.8 Å². The van der Waals surface area contributed by atoms with Gasteiger partial charge in [-0.1, -0.05) is 11.6 Å². The number of carbonyl (C=O) groups is 1. The molecular formula is C15H22ClNO2. The van der Waals surface area contributed by atoms with Crippen molar-refractivity contribution in [1.29, 1.82) is 0 Å². The van der Waals surface area contributed by atoms with Crippen LogP contribution in [0.3, 0.4) is 0 Å². The minimum absolute atomic E-state index is 0.0878. The lowest BCUT2D eigenvalue weighted by Crippen LogP contribution is -2.48. The van der Waals surface area contributed by atoms with Gasteiger partial charge < -0.3 is 9.64 Å². The number of rotatable bonds is 4. The summed E-state index contributed by atoms with van der Waals surface area (Å²) in [5, 5.41) is 0.494. The molecule has 1 amide bonds. The molecule has 0 radical (unpaired) electrons. The van der Waals surface area contributed by atoms with Gasteiger partial charge in [0.2, 0.25) is 0 Å². The monoisotopic (exact) mass is 283 g/mol. The number of halogens is 1. The van der Waals surface area contributed by atoms with Crippen LogP contribution in [0.1, 0.15) is 35.3 Å². The number of ether oxygens (including phenoxy) is 1. The third-order valence-electron chi connectivity index (χ3n) is 3.52. The van der Waals surface area contributed by atoms with E-state index in [0.717, 1.165) is 11.1 Å². The summed E-state index contributed by atoms with van der Waals surface area (Å²) in [4.78, 5) is 14.2. The number of carbonyl (C=O) groups excluding carboxylic acids is 1. The average molecular weight is 284 g/mol. The Kier molecular flexibility index (Phi) is 4.99. The fraction of sp³-hybridized carbons (Fsp3) is 0.533. The maximum absolute atomic E-state index is 12.5. The van der Waals surface area contributed by atoms with E-state index < -0.39 is 0 Å². The van der Waals surface area contributed by atoms with E-state index >= 15 is 0 Å². The topological polar surface area (TPSA) is 29.5 Å². The van der Waals surface area contributed by atoms with Gasteiger partial charge in [-0.25, -0.2) is 0 Å². The first-order valence-corrected chi connectivity index (χ1v) is 6.62. The molecule has 0 fully saturated rings. The summed E-state index contributed by atoms with van der Waals surface area (Å²) in [5.74, 6) is -0.0878. The number of amides is 1. The van der Waals surface area contributed by atoms with Gasteiger partial charge in [0, 0.05) is 14.2 Å². The molecular weight excluding hydrogens is 262 g/mol. The van der Waals surface area contributed by atoms with Gasteiger partial charge in [0.1, 0.15) is 0 Å². The predicted molar refractivity (Wildman–Crippen MR) is 79.0 cm³/mol. The molecule has 0 spiro atoms. The molecule has 19 heavy (non-hydrogen) atoms. The second-order valence-corrected chi connectivity index (χ2v) is 5.93. The highest BCUT2D eigenvalue weighted by molar-refractivity contribution is 6.34. The SMILES string of the molecule is COCC(C)(C)N(C)C(=O)c1cc(C)c(C)cc1Cl. The van der Waals surface area contributed by atoms with Crippen molar-refractivity contribution in [3.05, 3.63) is 33.8 Å². The minimum Gasteiger partial charge on any atom is -0.382 e. The van der Waals surface area contributed by atoms with Crippen LogP contribution in [0.2, 0.25) is 5.02 Å². The molecule has 0 aliphatic carbocycles. The summed E-state index contributed by atoms with van der Waals surface area (Å²) in [5.41, 5.74) is 2.30. The fourth-order valence-electron chi connectivity index (χ4n) is 1.85. The number of likely N-dealkylation sites (N-methyl/N-ethyl adjacent to an activating group) is 1. The molecule has 0 N–H and O–H groups in total. The van der Waals surface area contributed by atoms with Gasteiger partial charge in [-0.2, -0.15) is 0 Å². The quantitative estimate of drug-likeness (QED) is 0.847. The van der Waals surface area contributed by atoms with E-state index in [1.54, 1.807) is 19.1 Å². The van der Waals surface area contributed by atoms with E-state index in [4.69, 9.17) is 16.3 Å². The van der Waals surface area contributed by atoms with Crippen LogP contribution < -0.4 is 0 Å². The van der Waals surface area contributed by atoms with E-state index in [1.165, 1.54) is 0 Å². The van der Waals surface area contributed by atoms with Crippen molar-refractivity contribution in [2.75, 3.05) is 20.8 Å². The standard InChI is InChI=1S/C15H22ClNO2/c1-10-7-12(13(16)8-11(10)2)14(18)17(5)15(3,4)9-19-6/h7-8H,9H2,1-6H3. The van der Waals surface area contributed by atoms with Gasteiger partial charge in [0.15, 0.2) is 0 Å². The van der Waals surface area contributed by atoms with Crippen LogP contribution in [-0.4, -0.2) is 37.1 Å². The molecule has 1 rings (SSSR count). The Morgan fingerprint density at radius 3 is 2.37 bits per heavy atom. The zero-order chi connectivity index (χ0) is 14.8. The highest BCUT2D eigenvalue weighted by atomic mass is 35.5. The number of benzene rings is 1. The number of methoxy groups -OCH3 is 1. The Morgan fingerprint density at radius 2 is 1.84 bits per heavy atom. The molecule has 4 heteroatoms. The van der Waals surface area contributed by atoms with Crippen molar-refractivity contribution < 1.29 is 9.53 Å². The Bertz CT molecular complexity index is 483. The molecule has 106 valence electrons. The first-order valence-electron chi connectivity index (χ1n) is 6.24. The van der Waals surface area contributed by atoms with Gasteiger partial charge in [-0.15, -0.1) is 0 Å². The largest absolute Gasteiger partial charge is 0.382 e. The molecule has 0 saturated carbocycles. The van der Waals surface area contributed by atoms with Crippen LogP contribution in [0.4, 0.5) is 0 Å². The lowest BCUT2D eigenvalue weighted by Gasteiger charge is -2.35. The van der Waals surface area contributed by atoms with Gasteiger partial charge in [-0.3, -0.25) is 4.79 Å². The summed E-state index contributed by atoms with van der Waals surface area (Å²) in [7, 11) is 3.40. The summed E-state index contributed by atoms with van der Waals surface area (Å²) < 4.78 is 5.16. The first kappa shape index (κ1) is 16.0. The van der Waals surface area contributed by atoms with E-state index in [0.29, 0.717) is 17.2 Å². The molecule has 0 unspecified atom stereocenters. The van der Waals surface area contributed by atoms with Gasteiger partial charge in [-0.05, 0) is 51.0 Å². The summed E-state index contributed by atoms with van der Waals surface area (Å²) in [6.45, 7) is 8.35. The molecule has 0 aliphatic rings. The molecule has 0 heterocycles. The van der Waals surface area contributed by atoms with Crippen LogP contribution in [0.25, 0.3) is 0 Å². The molecule has 1 aromatic rings. The van der Waals surface area contributed by atoms with Crippen LogP contribution in [0.5, 0.6) is 0 Å². The van der Waals surface area contributed by atoms with Crippen LogP contribution in [0, 0.1) is 13.8 Å². The molecule has 1 aromatic carbocycles. The summed E-state index contributed by atoms with van der Waals surface area (Å²) >= 11 is 6.19. The zero-order valence-electron chi connectivity index (χ0n) is 12.5. The average Bonchev–Trinajstić information content (AvgIpc) is 2.32. The van der Waals surface area contributed by atoms with Gasteiger partial charge >= 0.3 is 0 Å². The number of hydrogen-bond acceptors (Lipinski definition) is 2. The van der Waals surface area contributed by atoms with Crippen molar-refractivity contribution in [1.82, 2.24) is 4.90 Å². The van der Waals surface area contributed by atoms with Crippen LogP contribution >= 0.6 is 11.6 Å². The fourth-order valence-corrected chi connectivity index (χ4v) is 2.15. The molecule has 0 aliphatic heterocycles. The second kappa shape index (κ2) is 5.93. The van der Waals surface area contributed by atoms with E-state index in [9.17, 15) is 4.79 Å². The zero-order valence-corrected chi connectivity index (χ0v) is 13.3. The predicted octanol–water partition coefficient (Wildman–Crippen LogP) is 3.45.